The molecule has 0 unspecified atom stereocenters. The molecule has 0 radical (unpaired) electrons. The van der Waals surface area contributed by atoms with Gasteiger partial charge in [0, 0.05) is 11.6 Å². The normalized spacial score (nSPS) is 10.6. The van der Waals surface area contributed by atoms with Gasteiger partial charge in [0.1, 0.15) is 10.5 Å². The van der Waals surface area contributed by atoms with Crippen molar-refractivity contribution >= 4 is 21.9 Å². The number of nitrogens with zero attached hydrogens (tertiary/aromatic N) is 2. The minimum absolute atomic E-state index is 0.497. The summed E-state index contributed by atoms with van der Waals surface area (Å²) < 4.78 is 6.65. The van der Waals surface area contributed by atoms with E-state index in [-0.39, 0.29) is 0 Å². The highest BCUT2D eigenvalue weighted by Crippen LogP contribution is 2.27. The van der Waals surface area contributed by atoms with E-state index < -0.39 is 0 Å². The summed E-state index contributed by atoms with van der Waals surface area (Å²) in [5, 5.41) is 6.00. The van der Waals surface area contributed by atoms with Crippen molar-refractivity contribution in [3.63, 3.8) is 0 Å². The number of hydrogen-bond acceptors (Lipinski definition) is 4. The largest absolute Gasteiger partial charge is 0.478 e. The zero-order chi connectivity index (χ0) is 7.84. The number of fused-ring (bicyclic) bond motifs is 1. The van der Waals surface area contributed by atoms with Crippen LogP contribution in [-0.4, -0.2) is 16.7 Å². The van der Waals surface area contributed by atoms with Crippen LogP contribution in [0.2, 0.25) is 0 Å². The van der Waals surface area contributed by atoms with E-state index in [0.717, 1.165) is 4.83 Å². The van der Waals surface area contributed by atoms with Crippen LogP contribution in [0.3, 0.4) is 0 Å². The van der Waals surface area contributed by atoms with Gasteiger partial charge in [-0.3, -0.25) is 0 Å². The maximum atomic E-state index is 5.70. The summed E-state index contributed by atoms with van der Waals surface area (Å²) in [4.78, 5) is 0.932. The fourth-order valence-corrected chi connectivity index (χ4v) is 1.66. The highest BCUT2D eigenvalue weighted by atomic mass is 32.1. The quantitative estimate of drug-likeness (QED) is 0.692. The van der Waals surface area contributed by atoms with Crippen molar-refractivity contribution < 1.29 is 4.74 Å². The Morgan fingerprint density at radius 2 is 2.55 bits per heavy atom. The maximum Gasteiger partial charge on any atom is 0.258 e. The summed E-state index contributed by atoms with van der Waals surface area (Å²) in [6.07, 6.45) is 1.85. The summed E-state index contributed by atoms with van der Waals surface area (Å²) >= 11 is 1.55. The second kappa shape index (κ2) is 2.13. The van der Waals surface area contributed by atoms with E-state index >= 15 is 0 Å². The number of anilines is 1. The summed E-state index contributed by atoms with van der Waals surface area (Å²) in [6.45, 7) is 0. The first-order chi connectivity index (χ1) is 5.33. The van der Waals surface area contributed by atoms with Gasteiger partial charge in [-0.15, -0.1) is 16.4 Å². The summed E-state index contributed by atoms with van der Waals surface area (Å²) in [5.41, 5.74) is 6.31. The van der Waals surface area contributed by atoms with Crippen molar-refractivity contribution in [1.29, 1.82) is 0 Å². The highest BCUT2D eigenvalue weighted by molar-refractivity contribution is 7.16. The van der Waals surface area contributed by atoms with Gasteiger partial charge in [-0.05, 0) is 0 Å². The Kier molecular flexibility index (Phi) is 1.25. The van der Waals surface area contributed by atoms with Crippen molar-refractivity contribution in [2.75, 3.05) is 12.8 Å². The van der Waals surface area contributed by atoms with Gasteiger partial charge in [0.2, 0.25) is 0 Å². The van der Waals surface area contributed by atoms with Gasteiger partial charge in [-0.2, -0.15) is 0 Å². The number of nitrogens with two attached hydrogens (primary N) is 1. The Labute approximate surface area is 67.2 Å². The molecule has 0 fully saturated rings. The van der Waals surface area contributed by atoms with Gasteiger partial charge in [0.05, 0.1) is 7.11 Å². The number of thiazole rings is 1. The lowest BCUT2D eigenvalue weighted by Crippen LogP contribution is -1.88. The Hall–Kier alpha value is -1.23. The molecule has 0 bridgehead atoms. The number of methoxy groups -OCH3 is 1. The Bertz CT molecular complexity index is 378. The molecule has 2 N–H and O–H groups in total. The lowest BCUT2D eigenvalue weighted by Gasteiger charge is -1.91. The summed E-state index contributed by atoms with van der Waals surface area (Å²) in [7, 11) is 1.56. The maximum absolute atomic E-state index is 5.70. The first-order valence-electron chi connectivity index (χ1n) is 3.08. The molecular weight excluding hydrogens is 162 g/mol. The molecule has 0 aliphatic carbocycles. The highest BCUT2D eigenvalue weighted by Gasteiger charge is 2.09. The van der Waals surface area contributed by atoms with Crippen molar-refractivity contribution in [3.8, 4) is 5.88 Å². The molecule has 0 spiro atoms. The number of ether oxygens (including phenoxy) is 1. The molecule has 0 atom stereocenters. The molecule has 0 aliphatic rings. The van der Waals surface area contributed by atoms with E-state index in [1.54, 1.807) is 23.0 Å². The number of hydrogen-bond donors (Lipinski definition) is 1. The number of aromatic nitrogens is 2. The molecule has 11 heavy (non-hydrogen) atoms. The molecule has 5 heteroatoms. The zero-order valence-electron chi connectivity index (χ0n) is 5.94. The molecule has 2 aromatic heterocycles. The van der Waals surface area contributed by atoms with E-state index in [1.807, 2.05) is 11.6 Å². The predicted octanol–water partition coefficient (Wildman–Crippen LogP) is 0.987. The SMILES string of the molecule is COc1nn2ccsc2c1N. The molecule has 0 saturated carbocycles. The molecule has 2 heterocycles. The molecule has 2 rings (SSSR count). The van der Waals surface area contributed by atoms with Crippen LogP contribution in [0.4, 0.5) is 5.69 Å². The molecular formula is C6H7N3OS. The van der Waals surface area contributed by atoms with Gasteiger partial charge in [0.25, 0.3) is 5.88 Å². The fourth-order valence-electron chi connectivity index (χ4n) is 0.934. The van der Waals surface area contributed by atoms with Crippen LogP contribution in [0.1, 0.15) is 0 Å². The standard InChI is InChI=1S/C6H7N3OS/c1-10-5-4(7)6-9(8-5)2-3-11-6/h2-3H,7H2,1H3. The predicted molar refractivity (Wildman–Crippen MR) is 44.0 cm³/mol. The lowest BCUT2D eigenvalue weighted by atomic mass is 10.6. The third-order valence-corrected chi connectivity index (χ3v) is 2.33. The van der Waals surface area contributed by atoms with E-state index in [1.165, 1.54) is 0 Å². The smallest absolute Gasteiger partial charge is 0.258 e. The molecule has 0 aromatic carbocycles. The Morgan fingerprint density at radius 1 is 1.73 bits per heavy atom. The number of rotatable bonds is 1. The molecule has 0 saturated heterocycles. The van der Waals surface area contributed by atoms with Crippen LogP contribution in [0, 0.1) is 0 Å². The minimum Gasteiger partial charge on any atom is -0.478 e. The summed E-state index contributed by atoms with van der Waals surface area (Å²) in [5.74, 6) is 0.497. The van der Waals surface area contributed by atoms with Crippen LogP contribution in [-0.2, 0) is 0 Å². The molecule has 4 nitrogen and oxygen atoms in total. The van der Waals surface area contributed by atoms with E-state index in [4.69, 9.17) is 10.5 Å². The first-order valence-corrected chi connectivity index (χ1v) is 3.96. The van der Waals surface area contributed by atoms with Crippen LogP contribution in [0.25, 0.3) is 4.83 Å². The Morgan fingerprint density at radius 3 is 3.18 bits per heavy atom. The molecule has 2 aromatic rings. The third-order valence-electron chi connectivity index (χ3n) is 1.44. The van der Waals surface area contributed by atoms with Gasteiger partial charge in [-0.1, -0.05) is 0 Å². The van der Waals surface area contributed by atoms with Gasteiger partial charge in [0.15, 0.2) is 0 Å². The van der Waals surface area contributed by atoms with E-state index in [2.05, 4.69) is 5.10 Å². The summed E-state index contributed by atoms with van der Waals surface area (Å²) in [6, 6.07) is 0. The topological polar surface area (TPSA) is 52.5 Å². The monoisotopic (exact) mass is 169 g/mol. The third kappa shape index (κ3) is 0.775. The average molecular weight is 169 g/mol. The average Bonchev–Trinajstić information content (AvgIpc) is 2.53. The van der Waals surface area contributed by atoms with Crippen LogP contribution in [0.5, 0.6) is 5.88 Å². The van der Waals surface area contributed by atoms with Gasteiger partial charge in [-0.25, -0.2) is 4.52 Å². The lowest BCUT2D eigenvalue weighted by molar-refractivity contribution is 0.397. The van der Waals surface area contributed by atoms with Gasteiger partial charge >= 0.3 is 0 Å². The number of nitrogen functional groups attached to an aromatic ring is 1. The van der Waals surface area contributed by atoms with E-state index in [9.17, 15) is 0 Å². The van der Waals surface area contributed by atoms with Crippen molar-refractivity contribution in [1.82, 2.24) is 9.61 Å². The van der Waals surface area contributed by atoms with Crippen LogP contribution < -0.4 is 10.5 Å². The van der Waals surface area contributed by atoms with E-state index in [0.29, 0.717) is 11.6 Å². The van der Waals surface area contributed by atoms with Crippen molar-refractivity contribution in [2.24, 2.45) is 0 Å². The minimum atomic E-state index is 0.497. The second-order valence-electron chi connectivity index (χ2n) is 2.08. The fraction of sp³-hybridized carbons (Fsp3) is 0.167. The van der Waals surface area contributed by atoms with Crippen LogP contribution >= 0.6 is 11.3 Å². The zero-order valence-corrected chi connectivity index (χ0v) is 6.76. The van der Waals surface area contributed by atoms with Crippen LogP contribution in [0.15, 0.2) is 11.6 Å². The molecule has 0 amide bonds. The second-order valence-corrected chi connectivity index (χ2v) is 2.97. The van der Waals surface area contributed by atoms with Crippen molar-refractivity contribution in [2.45, 2.75) is 0 Å². The first kappa shape index (κ1) is 6.48. The molecule has 58 valence electrons. The Balaban J connectivity index is 2.76. The van der Waals surface area contributed by atoms with Crippen molar-refractivity contribution in [3.05, 3.63) is 11.6 Å². The van der Waals surface area contributed by atoms with Gasteiger partial charge < -0.3 is 10.5 Å². The molecule has 0 aliphatic heterocycles.